The zero-order valence-corrected chi connectivity index (χ0v) is 17.4. The molecule has 0 saturated heterocycles. The monoisotopic (exact) mass is 425 g/mol. The zero-order chi connectivity index (χ0) is 21.4. The van der Waals surface area contributed by atoms with E-state index in [-0.39, 0.29) is 13.1 Å². The summed E-state index contributed by atoms with van der Waals surface area (Å²) in [5, 5.41) is 2.71. The number of amides is 1. The van der Waals surface area contributed by atoms with Gasteiger partial charge in [-0.05, 0) is 41.5 Å². The van der Waals surface area contributed by atoms with Gasteiger partial charge in [0.05, 0.1) is 11.9 Å². The smallest absolute Gasteiger partial charge is 0.241 e. The molecule has 1 aromatic heterocycles. The van der Waals surface area contributed by atoms with Crippen LogP contribution in [0.2, 0.25) is 0 Å². The number of aromatic nitrogens is 1. The van der Waals surface area contributed by atoms with Crippen LogP contribution in [0.15, 0.2) is 79.1 Å². The lowest BCUT2D eigenvalue weighted by atomic mass is 10.2. The van der Waals surface area contributed by atoms with Gasteiger partial charge in [-0.15, -0.1) is 0 Å². The van der Waals surface area contributed by atoms with Crippen molar-refractivity contribution in [3.63, 3.8) is 0 Å². The van der Waals surface area contributed by atoms with Crippen LogP contribution in [0.1, 0.15) is 11.1 Å². The number of benzene rings is 2. The second-order valence-electron chi connectivity index (χ2n) is 6.68. The van der Waals surface area contributed by atoms with E-state index in [1.54, 1.807) is 42.7 Å². The number of nitrogens with one attached hydrogen (secondary N) is 1. The van der Waals surface area contributed by atoms with Crippen LogP contribution in [0.5, 0.6) is 5.75 Å². The largest absolute Gasteiger partial charge is 0.489 e. The summed E-state index contributed by atoms with van der Waals surface area (Å²) in [5.41, 5.74) is 2.25. The number of rotatable bonds is 9. The average Bonchev–Trinajstić information content (AvgIpc) is 2.76. The molecule has 0 unspecified atom stereocenters. The third-order valence-corrected chi connectivity index (χ3v) is 5.41. The van der Waals surface area contributed by atoms with E-state index in [1.165, 1.54) is 0 Å². The van der Waals surface area contributed by atoms with Crippen molar-refractivity contribution < 1.29 is 17.9 Å². The van der Waals surface area contributed by atoms with Gasteiger partial charge in [0, 0.05) is 18.9 Å². The van der Waals surface area contributed by atoms with Crippen LogP contribution in [0.4, 0.5) is 5.69 Å². The van der Waals surface area contributed by atoms with Gasteiger partial charge >= 0.3 is 0 Å². The molecule has 1 N–H and O–H groups in total. The Balaban J connectivity index is 1.62. The lowest BCUT2D eigenvalue weighted by Gasteiger charge is -2.22. The van der Waals surface area contributed by atoms with Crippen LogP contribution in [-0.2, 0) is 28.0 Å². The van der Waals surface area contributed by atoms with Crippen molar-refractivity contribution in [2.75, 3.05) is 17.1 Å². The molecular weight excluding hydrogens is 402 g/mol. The van der Waals surface area contributed by atoms with Gasteiger partial charge in [0.1, 0.15) is 18.9 Å². The minimum atomic E-state index is -3.64. The van der Waals surface area contributed by atoms with Crippen molar-refractivity contribution >= 4 is 21.6 Å². The molecule has 156 valence electrons. The highest BCUT2D eigenvalue weighted by atomic mass is 32.2. The molecule has 1 amide bonds. The fraction of sp³-hybridized carbons (Fsp3) is 0.182. The Bertz CT molecular complexity index is 1060. The molecule has 8 heteroatoms. The predicted octanol–water partition coefficient (Wildman–Crippen LogP) is 2.74. The molecule has 0 bridgehead atoms. The lowest BCUT2D eigenvalue weighted by Crippen LogP contribution is -2.40. The first kappa shape index (κ1) is 21.3. The van der Waals surface area contributed by atoms with Gasteiger partial charge in [-0.2, -0.15) is 0 Å². The highest BCUT2D eigenvalue weighted by Crippen LogP contribution is 2.22. The van der Waals surface area contributed by atoms with Crippen LogP contribution >= 0.6 is 0 Å². The van der Waals surface area contributed by atoms with E-state index in [2.05, 4.69) is 10.3 Å². The van der Waals surface area contributed by atoms with E-state index in [4.69, 9.17) is 4.74 Å². The van der Waals surface area contributed by atoms with Gasteiger partial charge in [-0.25, -0.2) is 8.42 Å². The van der Waals surface area contributed by atoms with Gasteiger partial charge in [-0.1, -0.05) is 36.4 Å². The third kappa shape index (κ3) is 6.31. The van der Waals surface area contributed by atoms with Gasteiger partial charge in [0.2, 0.25) is 15.9 Å². The van der Waals surface area contributed by atoms with Crippen molar-refractivity contribution in [2.45, 2.75) is 13.2 Å². The maximum Gasteiger partial charge on any atom is 0.241 e. The lowest BCUT2D eigenvalue weighted by molar-refractivity contribution is -0.119. The highest BCUT2D eigenvalue weighted by Gasteiger charge is 2.20. The van der Waals surface area contributed by atoms with Gasteiger partial charge in [0.25, 0.3) is 0 Å². The molecule has 0 aliphatic carbocycles. The maximum atomic E-state index is 12.3. The quantitative estimate of drug-likeness (QED) is 0.570. The van der Waals surface area contributed by atoms with Gasteiger partial charge in [0.15, 0.2) is 0 Å². The molecule has 3 aromatic rings. The summed E-state index contributed by atoms with van der Waals surface area (Å²) in [6.45, 7) is 0.368. The number of carbonyl (C=O) groups is 1. The Morgan fingerprint density at radius 1 is 1.00 bits per heavy atom. The molecule has 1 heterocycles. The van der Waals surface area contributed by atoms with E-state index >= 15 is 0 Å². The van der Waals surface area contributed by atoms with Crippen LogP contribution in [-0.4, -0.2) is 32.1 Å². The topological polar surface area (TPSA) is 88.6 Å². The standard InChI is InChI=1S/C22H23N3O4S/c1-30(27,28)25(16-22(26)24-15-19-8-5-13-23-14-19)20-9-11-21(12-10-20)29-17-18-6-3-2-4-7-18/h2-14H,15-17H2,1H3,(H,24,26). The molecule has 3 rings (SSSR count). The molecule has 0 fully saturated rings. The fourth-order valence-corrected chi connectivity index (χ4v) is 3.60. The Morgan fingerprint density at radius 2 is 1.70 bits per heavy atom. The number of anilines is 1. The van der Waals surface area contributed by atoms with Crippen LogP contribution in [0, 0.1) is 0 Å². The number of hydrogen-bond acceptors (Lipinski definition) is 5. The second-order valence-corrected chi connectivity index (χ2v) is 8.58. The van der Waals surface area contributed by atoms with E-state index in [1.807, 2.05) is 36.4 Å². The number of nitrogens with zero attached hydrogens (tertiary/aromatic N) is 2. The molecular formula is C22H23N3O4S. The minimum absolute atomic E-state index is 0.274. The Morgan fingerprint density at radius 3 is 2.33 bits per heavy atom. The first-order chi connectivity index (χ1) is 14.4. The summed E-state index contributed by atoms with van der Waals surface area (Å²) in [6, 6.07) is 19.9. The Hall–Kier alpha value is -3.39. The van der Waals surface area contributed by atoms with Crippen LogP contribution in [0.3, 0.4) is 0 Å². The molecule has 0 spiro atoms. The van der Waals surface area contributed by atoms with Crippen molar-refractivity contribution in [1.29, 1.82) is 0 Å². The SMILES string of the molecule is CS(=O)(=O)N(CC(=O)NCc1cccnc1)c1ccc(OCc2ccccc2)cc1. The van der Waals surface area contributed by atoms with E-state index < -0.39 is 15.9 Å². The van der Waals surface area contributed by atoms with E-state index in [9.17, 15) is 13.2 Å². The van der Waals surface area contributed by atoms with Crippen molar-refractivity contribution in [1.82, 2.24) is 10.3 Å². The molecule has 0 atom stereocenters. The molecule has 30 heavy (non-hydrogen) atoms. The first-order valence-corrected chi connectivity index (χ1v) is 11.2. The van der Waals surface area contributed by atoms with E-state index in [0.717, 1.165) is 21.7 Å². The summed E-state index contributed by atoms with van der Waals surface area (Å²) in [4.78, 5) is 16.3. The van der Waals surface area contributed by atoms with E-state index in [0.29, 0.717) is 18.0 Å². The number of carbonyl (C=O) groups excluding carboxylic acids is 1. The van der Waals surface area contributed by atoms with Crippen molar-refractivity contribution in [3.8, 4) is 5.75 Å². The molecule has 0 aliphatic heterocycles. The third-order valence-electron chi connectivity index (χ3n) is 4.27. The van der Waals surface area contributed by atoms with Crippen molar-refractivity contribution in [3.05, 3.63) is 90.3 Å². The predicted molar refractivity (Wildman–Crippen MR) is 115 cm³/mol. The van der Waals surface area contributed by atoms with Crippen LogP contribution < -0.4 is 14.4 Å². The van der Waals surface area contributed by atoms with Gasteiger partial charge in [-0.3, -0.25) is 14.1 Å². The van der Waals surface area contributed by atoms with Crippen LogP contribution in [0.25, 0.3) is 0 Å². The molecule has 2 aromatic carbocycles. The zero-order valence-electron chi connectivity index (χ0n) is 16.6. The molecule has 0 saturated carbocycles. The summed E-state index contributed by atoms with van der Waals surface area (Å²) in [7, 11) is -3.64. The average molecular weight is 426 g/mol. The molecule has 0 radical (unpaired) electrons. The summed E-state index contributed by atoms with van der Waals surface area (Å²) >= 11 is 0. The number of ether oxygens (including phenoxy) is 1. The summed E-state index contributed by atoms with van der Waals surface area (Å²) in [5.74, 6) is 0.200. The Kier molecular flexibility index (Phi) is 7.03. The second kappa shape index (κ2) is 9.89. The fourth-order valence-electron chi connectivity index (χ4n) is 2.74. The number of hydrogen-bond donors (Lipinski definition) is 1. The Labute approximate surface area is 176 Å². The minimum Gasteiger partial charge on any atom is -0.489 e. The highest BCUT2D eigenvalue weighted by molar-refractivity contribution is 7.92. The summed E-state index contributed by atoms with van der Waals surface area (Å²) in [6.07, 6.45) is 4.36. The summed E-state index contributed by atoms with van der Waals surface area (Å²) < 4.78 is 31.3. The van der Waals surface area contributed by atoms with Crippen molar-refractivity contribution in [2.24, 2.45) is 0 Å². The normalized spacial score (nSPS) is 11.0. The number of sulfonamides is 1. The molecule has 7 nitrogen and oxygen atoms in total. The first-order valence-electron chi connectivity index (χ1n) is 9.32. The maximum absolute atomic E-state index is 12.3. The molecule has 0 aliphatic rings. The number of pyridine rings is 1. The van der Waals surface area contributed by atoms with Gasteiger partial charge < -0.3 is 10.1 Å².